The highest BCUT2D eigenvalue weighted by Gasteiger charge is 2.38. The number of hydrogen-bond acceptors (Lipinski definition) is 0. The number of halogens is 1. The lowest BCUT2D eigenvalue weighted by Gasteiger charge is -2.49. The average Bonchev–Trinajstić information content (AvgIpc) is 2.44. The average molecular weight is 332 g/mol. The molecule has 1 nitrogen and oxygen atoms in total. The van der Waals surface area contributed by atoms with Crippen LogP contribution in [0, 0.1) is 5.92 Å². The minimum atomic E-state index is 0. The Labute approximate surface area is 131 Å². The van der Waals surface area contributed by atoms with E-state index in [0.717, 1.165) is 5.92 Å². The highest BCUT2D eigenvalue weighted by Crippen LogP contribution is 2.33. The van der Waals surface area contributed by atoms with Crippen LogP contribution in [0.25, 0.3) is 0 Å². The van der Waals surface area contributed by atoms with Crippen molar-refractivity contribution in [1.29, 1.82) is 0 Å². The van der Waals surface area contributed by atoms with Crippen LogP contribution in [0.4, 0.5) is 0 Å². The molecule has 2 bridgehead atoms. The maximum atomic E-state index is 2.30. The lowest BCUT2D eigenvalue weighted by atomic mass is 9.85. The van der Waals surface area contributed by atoms with E-state index in [9.17, 15) is 0 Å². The molecule has 0 N–H and O–H groups in total. The maximum Gasteiger partial charge on any atom is 0.0789 e. The zero-order valence-corrected chi connectivity index (χ0v) is 14.6. The molecule has 3 fully saturated rings. The van der Waals surface area contributed by atoms with Gasteiger partial charge in [-0.3, -0.25) is 0 Å². The van der Waals surface area contributed by atoms with Crippen LogP contribution in [0.3, 0.4) is 0 Å². The smallest absolute Gasteiger partial charge is 0.0789 e. The molecule has 0 aromatic heterocycles. The van der Waals surface area contributed by atoms with E-state index >= 15 is 0 Å². The van der Waals surface area contributed by atoms with Crippen LogP contribution in [-0.2, 0) is 0 Å². The fourth-order valence-electron chi connectivity index (χ4n) is 4.05. The van der Waals surface area contributed by atoms with E-state index in [1.807, 2.05) is 0 Å². The van der Waals surface area contributed by atoms with E-state index in [0.29, 0.717) is 0 Å². The standard InChI is InChI=1S/C17H34N.BrH/c1-2-3-4-5-6-7-8-9-13-18-14-10-17(11-15-18)12-16-18;/h17H,2-16H2,1H3;1H/q+1;/p-1. The third kappa shape index (κ3) is 5.75. The number of quaternary nitrogens is 1. The molecule has 0 aromatic carbocycles. The molecule has 3 saturated heterocycles. The Bertz CT molecular complexity index is 208. The molecule has 0 aromatic rings. The topological polar surface area (TPSA) is 0 Å². The van der Waals surface area contributed by atoms with Gasteiger partial charge in [-0.05, 0) is 38.0 Å². The van der Waals surface area contributed by atoms with Gasteiger partial charge in [-0.1, -0.05) is 45.4 Å². The van der Waals surface area contributed by atoms with Gasteiger partial charge < -0.3 is 21.5 Å². The van der Waals surface area contributed by atoms with Crippen molar-refractivity contribution < 1.29 is 21.5 Å². The molecule has 114 valence electrons. The molecule has 0 amide bonds. The molecule has 0 saturated carbocycles. The summed E-state index contributed by atoms with van der Waals surface area (Å²) in [5.74, 6) is 1.11. The highest BCUT2D eigenvalue weighted by molar-refractivity contribution is 4.71. The molecule has 0 aliphatic carbocycles. The molecule has 0 radical (unpaired) electrons. The van der Waals surface area contributed by atoms with Crippen molar-refractivity contribution in [1.82, 2.24) is 0 Å². The molecule has 0 unspecified atom stereocenters. The molecule has 3 heterocycles. The largest absolute Gasteiger partial charge is 1.00 e. The van der Waals surface area contributed by atoms with Crippen LogP contribution in [-0.4, -0.2) is 30.7 Å². The van der Waals surface area contributed by atoms with E-state index in [1.54, 1.807) is 0 Å². The number of piperidine rings is 3. The predicted molar refractivity (Wildman–Crippen MR) is 79.7 cm³/mol. The van der Waals surface area contributed by atoms with E-state index in [1.165, 1.54) is 101 Å². The van der Waals surface area contributed by atoms with E-state index in [4.69, 9.17) is 0 Å². The van der Waals surface area contributed by atoms with Crippen LogP contribution in [0.5, 0.6) is 0 Å². The first-order valence-electron chi connectivity index (χ1n) is 8.70. The number of nitrogens with zero attached hydrogens (tertiary/aromatic N) is 1. The maximum absolute atomic E-state index is 2.30. The second kappa shape index (κ2) is 9.39. The molecule has 19 heavy (non-hydrogen) atoms. The number of unbranched alkanes of at least 4 members (excludes halogenated alkanes) is 7. The molecular formula is C17H34BrN. The van der Waals surface area contributed by atoms with E-state index in [-0.39, 0.29) is 17.0 Å². The van der Waals surface area contributed by atoms with Crippen molar-refractivity contribution in [2.24, 2.45) is 5.92 Å². The third-order valence-corrected chi connectivity index (χ3v) is 5.52. The Kier molecular flexibility index (Phi) is 8.64. The van der Waals surface area contributed by atoms with Crippen molar-refractivity contribution in [3.05, 3.63) is 0 Å². The summed E-state index contributed by atoms with van der Waals surface area (Å²) < 4.78 is 1.51. The second-order valence-corrected chi connectivity index (χ2v) is 6.94. The van der Waals surface area contributed by atoms with Crippen molar-refractivity contribution in [2.45, 2.75) is 77.6 Å². The van der Waals surface area contributed by atoms with Gasteiger partial charge in [0.1, 0.15) is 0 Å². The van der Waals surface area contributed by atoms with Crippen molar-refractivity contribution in [2.75, 3.05) is 26.2 Å². The summed E-state index contributed by atoms with van der Waals surface area (Å²) in [5.41, 5.74) is 0. The van der Waals surface area contributed by atoms with Crippen molar-refractivity contribution in [3.63, 3.8) is 0 Å². The molecule has 3 rings (SSSR count). The Hall–Kier alpha value is 0.440. The Morgan fingerprint density at radius 2 is 1.21 bits per heavy atom. The van der Waals surface area contributed by atoms with E-state index < -0.39 is 0 Å². The number of rotatable bonds is 9. The van der Waals surface area contributed by atoms with Crippen LogP contribution >= 0.6 is 0 Å². The SMILES string of the molecule is CCCCCCCCCC[N+]12CCC(CC1)CC2.[Br-]. The summed E-state index contributed by atoms with van der Waals surface area (Å²) >= 11 is 0. The van der Waals surface area contributed by atoms with Gasteiger partial charge in [0.15, 0.2) is 0 Å². The van der Waals surface area contributed by atoms with Crippen LogP contribution < -0.4 is 17.0 Å². The van der Waals surface area contributed by atoms with Gasteiger partial charge in [-0.2, -0.15) is 0 Å². The van der Waals surface area contributed by atoms with Crippen LogP contribution in [0.15, 0.2) is 0 Å². The first kappa shape index (κ1) is 17.5. The molecule has 3 aliphatic rings. The van der Waals surface area contributed by atoms with Gasteiger partial charge in [0.25, 0.3) is 0 Å². The molecule has 0 atom stereocenters. The zero-order valence-electron chi connectivity index (χ0n) is 13.0. The van der Waals surface area contributed by atoms with Gasteiger partial charge in [0, 0.05) is 0 Å². The fraction of sp³-hybridized carbons (Fsp3) is 1.00. The van der Waals surface area contributed by atoms with E-state index in [2.05, 4.69) is 6.92 Å². The third-order valence-electron chi connectivity index (χ3n) is 5.52. The van der Waals surface area contributed by atoms with Crippen LogP contribution in [0.1, 0.15) is 77.6 Å². The lowest BCUT2D eigenvalue weighted by Crippen LogP contribution is -3.00. The number of hydrogen-bond donors (Lipinski definition) is 0. The van der Waals surface area contributed by atoms with Gasteiger partial charge in [-0.15, -0.1) is 0 Å². The van der Waals surface area contributed by atoms with Crippen molar-refractivity contribution >= 4 is 0 Å². The second-order valence-electron chi connectivity index (χ2n) is 6.94. The minimum Gasteiger partial charge on any atom is -1.00 e. The fourth-order valence-corrected chi connectivity index (χ4v) is 4.05. The number of fused-ring (bicyclic) bond motifs is 3. The first-order valence-corrected chi connectivity index (χ1v) is 8.70. The Morgan fingerprint density at radius 3 is 1.74 bits per heavy atom. The minimum absolute atomic E-state index is 0. The van der Waals surface area contributed by atoms with Gasteiger partial charge in [0.05, 0.1) is 26.2 Å². The first-order chi connectivity index (χ1) is 8.85. The molecule has 0 spiro atoms. The van der Waals surface area contributed by atoms with Crippen molar-refractivity contribution in [3.8, 4) is 0 Å². The lowest BCUT2D eigenvalue weighted by molar-refractivity contribution is -0.942. The zero-order chi connectivity index (χ0) is 12.7. The van der Waals surface area contributed by atoms with Gasteiger partial charge >= 0.3 is 0 Å². The highest BCUT2D eigenvalue weighted by atomic mass is 79.9. The molecule has 2 heteroatoms. The molecule has 3 aliphatic heterocycles. The summed E-state index contributed by atoms with van der Waals surface area (Å²) in [6, 6.07) is 0. The summed E-state index contributed by atoms with van der Waals surface area (Å²) in [4.78, 5) is 0. The monoisotopic (exact) mass is 331 g/mol. The predicted octanol–water partition coefficient (Wildman–Crippen LogP) is 1.76. The Morgan fingerprint density at radius 1 is 0.737 bits per heavy atom. The normalized spacial score (nSPS) is 29.2. The summed E-state index contributed by atoms with van der Waals surface area (Å²) in [5, 5.41) is 0. The quantitative estimate of drug-likeness (QED) is 0.446. The van der Waals surface area contributed by atoms with Gasteiger partial charge in [0.2, 0.25) is 0 Å². The summed E-state index contributed by atoms with van der Waals surface area (Å²) in [6.45, 7) is 8.35. The summed E-state index contributed by atoms with van der Waals surface area (Å²) in [7, 11) is 0. The molecular weight excluding hydrogens is 298 g/mol. The summed E-state index contributed by atoms with van der Waals surface area (Å²) in [6.07, 6.45) is 16.4. The Balaban J connectivity index is 0.00000180. The van der Waals surface area contributed by atoms with Gasteiger partial charge in [-0.25, -0.2) is 0 Å². The van der Waals surface area contributed by atoms with Crippen LogP contribution in [0.2, 0.25) is 0 Å².